The van der Waals surface area contributed by atoms with Gasteiger partial charge in [-0.3, -0.25) is 28.9 Å². The second-order valence-electron chi connectivity index (χ2n) is 8.15. The molecule has 4 atom stereocenters. The van der Waals surface area contributed by atoms with Gasteiger partial charge in [-0.05, 0) is 0 Å². The van der Waals surface area contributed by atoms with Gasteiger partial charge < -0.3 is 40.0 Å². The molecule has 208 valence electrons. The van der Waals surface area contributed by atoms with Crippen LogP contribution >= 0.6 is 0 Å². The van der Waals surface area contributed by atoms with Crippen LogP contribution in [-0.2, 0) is 4.74 Å². The minimum atomic E-state index is -1.24. The number of rotatable bonds is 2. The molecule has 1 saturated heterocycles. The summed E-state index contributed by atoms with van der Waals surface area (Å²) >= 11 is 0. The maximum absolute atomic E-state index is 11.5. The third-order valence-corrected chi connectivity index (χ3v) is 5.71. The van der Waals surface area contributed by atoms with E-state index in [0.717, 1.165) is 0 Å². The highest BCUT2D eigenvalue weighted by atomic mass is 16.6. The highest BCUT2D eigenvalue weighted by molar-refractivity contribution is 5.69. The molecule has 0 amide bonds. The van der Waals surface area contributed by atoms with Gasteiger partial charge in [0.1, 0.15) is 23.8 Å². The lowest BCUT2D eigenvalue weighted by molar-refractivity contribution is -0.0511. The molecule has 1 fully saturated rings. The zero-order chi connectivity index (χ0) is 28.4. The lowest BCUT2D eigenvalue weighted by Crippen LogP contribution is -2.33. The fourth-order valence-corrected chi connectivity index (χ4v) is 3.80. The molecule has 40 heavy (non-hydrogen) atoms. The van der Waals surface area contributed by atoms with Crippen LogP contribution in [0.15, 0.2) is 50.8 Å². The molecule has 1 aliphatic rings. The first-order valence-corrected chi connectivity index (χ1v) is 11.3. The Kier molecular flexibility index (Phi) is 7.11. The number of aromatic nitrogens is 12. The standard InChI is InChI=1S/C10H12N4O5.C5H4N4O2.C5H4N4O/c15-1-4-6(16)7(17)10(19-4)14-3-13-5-8(14)11-2-12-9(5)18;10-4-2-3(7-1-6-2)8-5(11)9-4;10-5-3-4(7-1-6-3)8-2-9-5/h2-4,6-7,10,15-17H,1H2,(H,11,12,18);1H,(H3,6,7,8,9,10,11);1-2H,(H2,6,7,8,9,10)/t4-,6-,7-,10-;;/m1../s1. The van der Waals surface area contributed by atoms with Gasteiger partial charge in [-0.1, -0.05) is 0 Å². The summed E-state index contributed by atoms with van der Waals surface area (Å²) in [7, 11) is 0. The normalized spacial score (nSPS) is 20.3. The van der Waals surface area contributed by atoms with Crippen molar-refractivity contribution in [1.29, 1.82) is 0 Å². The number of fused-ring (bicyclic) bond motifs is 3. The quantitative estimate of drug-likeness (QED) is 0.0993. The summed E-state index contributed by atoms with van der Waals surface area (Å²) in [6.07, 6.45) is 2.32. The number of hydrogen-bond acceptors (Lipinski definition) is 13. The predicted molar refractivity (Wildman–Crippen MR) is 133 cm³/mol. The molecule has 7 heterocycles. The molecule has 1 aliphatic heterocycles. The van der Waals surface area contributed by atoms with E-state index in [0.29, 0.717) is 11.2 Å². The van der Waals surface area contributed by atoms with Gasteiger partial charge in [0.2, 0.25) is 0 Å². The summed E-state index contributed by atoms with van der Waals surface area (Å²) in [5.74, 6) is 0. The minimum absolute atomic E-state index is 0.111. The summed E-state index contributed by atoms with van der Waals surface area (Å²) in [4.78, 5) is 77.6. The fourth-order valence-electron chi connectivity index (χ4n) is 3.80. The highest BCUT2D eigenvalue weighted by Crippen LogP contribution is 2.30. The van der Waals surface area contributed by atoms with Gasteiger partial charge in [-0.15, -0.1) is 0 Å². The van der Waals surface area contributed by atoms with Crippen LogP contribution in [0.25, 0.3) is 33.5 Å². The maximum Gasteiger partial charge on any atom is 0.327 e. The Morgan fingerprint density at radius 2 is 1.45 bits per heavy atom. The molecule has 20 heteroatoms. The molecule has 0 radical (unpaired) electrons. The summed E-state index contributed by atoms with van der Waals surface area (Å²) in [5, 5.41) is 28.6. The molecular weight excluding hydrogens is 536 g/mol. The van der Waals surface area contributed by atoms with Crippen molar-refractivity contribution in [3.05, 3.63) is 73.2 Å². The summed E-state index contributed by atoms with van der Waals surface area (Å²) in [5.41, 5.74) is 0.169. The van der Waals surface area contributed by atoms with Crippen molar-refractivity contribution < 1.29 is 20.1 Å². The highest BCUT2D eigenvalue weighted by Gasteiger charge is 2.43. The smallest absolute Gasteiger partial charge is 0.327 e. The zero-order valence-corrected chi connectivity index (χ0v) is 20.0. The van der Waals surface area contributed by atoms with E-state index in [1.165, 1.54) is 36.2 Å². The SMILES string of the molecule is O=c1[nH]c(=O)c2[nH]cnc2[nH]1.O=c1[nH]cnc2c1ncn2[C@@H]1O[C@H](CO)[C@@H](O)[C@H]1O.O=c1[nH]cnc2nc[nH]c12. The van der Waals surface area contributed by atoms with Crippen molar-refractivity contribution in [2.45, 2.75) is 24.5 Å². The lowest BCUT2D eigenvalue weighted by atomic mass is 10.1. The number of nitrogens with zero attached hydrogens (tertiary/aromatic N) is 6. The Labute approximate surface area is 217 Å². The first kappa shape index (κ1) is 26.3. The van der Waals surface area contributed by atoms with E-state index in [4.69, 9.17) is 9.84 Å². The molecule has 0 saturated carbocycles. The Morgan fingerprint density at radius 3 is 2.17 bits per heavy atom. The van der Waals surface area contributed by atoms with Crippen molar-refractivity contribution in [1.82, 2.24) is 59.4 Å². The van der Waals surface area contributed by atoms with Crippen LogP contribution in [0.5, 0.6) is 0 Å². The molecule has 9 N–H and O–H groups in total. The number of aliphatic hydroxyl groups is 3. The summed E-state index contributed by atoms with van der Waals surface area (Å²) < 4.78 is 6.70. The van der Waals surface area contributed by atoms with E-state index in [1.54, 1.807) is 0 Å². The first-order valence-electron chi connectivity index (χ1n) is 11.3. The molecule has 20 nitrogen and oxygen atoms in total. The van der Waals surface area contributed by atoms with E-state index in [9.17, 15) is 29.4 Å². The largest absolute Gasteiger partial charge is 0.394 e. The molecule has 6 aromatic rings. The number of ether oxygens (including phenoxy) is 1. The minimum Gasteiger partial charge on any atom is -0.394 e. The van der Waals surface area contributed by atoms with Crippen LogP contribution in [0.1, 0.15) is 6.23 Å². The first-order chi connectivity index (χ1) is 19.3. The van der Waals surface area contributed by atoms with Crippen molar-refractivity contribution in [3.8, 4) is 0 Å². The van der Waals surface area contributed by atoms with E-state index in [-0.39, 0.29) is 27.9 Å². The van der Waals surface area contributed by atoms with Gasteiger partial charge in [0.05, 0.1) is 38.2 Å². The lowest BCUT2D eigenvalue weighted by Gasteiger charge is -2.16. The van der Waals surface area contributed by atoms with Crippen LogP contribution in [0.4, 0.5) is 0 Å². The molecule has 7 rings (SSSR count). The number of imidazole rings is 3. The molecule has 0 aromatic carbocycles. The molecule has 0 spiro atoms. The van der Waals surface area contributed by atoms with Gasteiger partial charge in [0, 0.05) is 0 Å². The average Bonchev–Trinajstić information content (AvgIpc) is 3.73. The zero-order valence-electron chi connectivity index (χ0n) is 20.0. The van der Waals surface area contributed by atoms with Crippen LogP contribution in [0, 0.1) is 0 Å². The Balaban J connectivity index is 0.000000131. The van der Waals surface area contributed by atoms with E-state index >= 15 is 0 Å². The van der Waals surface area contributed by atoms with Gasteiger partial charge in [-0.25, -0.2) is 29.7 Å². The third kappa shape index (κ3) is 4.92. The van der Waals surface area contributed by atoms with Crippen LogP contribution < -0.4 is 22.4 Å². The second-order valence-corrected chi connectivity index (χ2v) is 8.15. The van der Waals surface area contributed by atoms with Gasteiger partial charge in [0.25, 0.3) is 16.7 Å². The number of hydrogen-bond donors (Lipinski definition) is 9. The fraction of sp³-hybridized carbons (Fsp3) is 0.250. The Bertz CT molecular complexity index is 2000. The van der Waals surface area contributed by atoms with E-state index in [1.807, 2.05) is 0 Å². The number of aliphatic hydroxyl groups excluding tert-OH is 3. The number of H-pyrrole nitrogens is 6. The molecule has 0 unspecified atom stereocenters. The number of aromatic amines is 6. The average molecular weight is 556 g/mol. The van der Waals surface area contributed by atoms with Gasteiger partial charge >= 0.3 is 5.69 Å². The molecular formula is C20H20N12O8. The Hall–Kier alpha value is -5.31. The van der Waals surface area contributed by atoms with Crippen LogP contribution in [-0.4, -0.2) is 99.6 Å². The van der Waals surface area contributed by atoms with Crippen molar-refractivity contribution in [3.63, 3.8) is 0 Å². The summed E-state index contributed by atoms with van der Waals surface area (Å²) in [6, 6.07) is 0. The summed E-state index contributed by atoms with van der Waals surface area (Å²) in [6.45, 7) is -0.421. The second kappa shape index (κ2) is 10.8. The van der Waals surface area contributed by atoms with Crippen molar-refractivity contribution >= 4 is 33.5 Å². The van der Waals surface area contributed by atoms with Gasteiger partial charge in [-0.2, -0.15) is 0 Å². The van der Waals surface area contributed by atoms with Crippen LogP contribution in [0.2, 0.25) is 0 Å². The topological polar surface area (TPSA) is 302 Å². The van der Waals surface area contributed by atoms with Crippen molar-refractivity contribution in [2.24, 2.45) is 0 Å². The van der Waals surface area contributed by atoms with Crippen LogP contribution in [0.3, 0.4) is 0 Å². The maximum atomic E-state index is 11.5. The Morgan fingerprint density at radius 1 is 0.775 bits per heavy atom. The van der Waals surface area contributed by atoms with Gasteiger partial charge in [0.15, 0.2) is 34.2 Å². The number of nitrogens with one attached hydrogen (secondary N) is 6. The molecule has 6 aromatic heterocycles. The van der Waals surface area contributed by atoms with Crippen molar-refractivity contribution in [2.75, 3.05) is 6.61 Å². The monoisotopic (exact) mass is 556 g/mol. The molecule has 0 aliphatic carbocycles. The molecule has 0 bridgehead atoms. The van der Waals surface area contributed by atoms with E-state index < -0.39 is 48.0 Å². The van der Waals surface area contributed by atoms with E-state index in [2.05, 4.69) is 54.8 Å². The third-order valence-electron chi connectivity index (χ3n) is 5.71. The predicted octanol–water partition coefficient (Wildman–Crippen LogP) is -3.68.